The Hall–Kier alpha value is -4.76. The smallest absolute Gasteiger partial charge is 0.326 e. The molecule has 6 aromatic carbocycles. The molecule has 0 aliphatic rings. The third kappa shape index (κ3) is 10.0. The van der Waals surface area contributed by atoms with Gasteiger partial charge in [0.15, 0.2) is 0 Å². The van der Waals surface area contributed by atoms with Crippen LogP contribution in [0.4, 0.5) is 8.78 Å². The minimum absolute atomic E-state index is 0.201. The molecule has 0 radical (unpaired) electrons. The van der Waals surface area contributed by atoms with Crippen LogP contribution >= 0.6 is 16.8 Å². The Kier molecular flexibility index (Phi) is 12.5. The summed E-state index contributed by atoms with van der Waals surface area (Å²) in [5, 5.41) is 1.44. The molecule has 57 heavy (non-hydrogen) atoms. The fraction of sp³-hybridized carbons (Fsp3) is 0.265. The Bertz CT molecular complexity index is 2360. The quantitative estimate of drug-likeness (QED) is 0.122. The zero-order valence-corrected chi connectivity index (χ0v) is 36.5. The van der Waals surface area contributed by atoms with Gasteiger partial charge < -0.3 is 18.1 Å². The molecule has 0 aliphatic carbocycles. The Morgan fingerprint density at radius 1 is 0.421 bits per heavy atom. The third-order valence-electron chi connectivity index (χ3n) is 9.55. The van der Waals surface area contributed by atoms with Crippen molar-refractivity contribution in [1.82, 2.24) is 0 Å². The van der Waals surface area contributed by atoms with Crippen molar-refractivity contribution in [3.63, 3.8) is 0 Å². The summed E-state index contributed by atoms with van der Waals surface area (Å²) in [5.74, 6) is 2.00. The molecule has 0 saturated carbocycles. The number of para-hydroxylation sites is 1. The van der Waals surface area contributed by atoms with Gasteiger partial charge in [0, 0.05) is 11.1 Å². The van der Waals surface area contributed by atoms with Crippen molar-refractivity contribution in [2.45, 2.75) is 87.0 Å². The molecule has 0 bridgehead atoms. The lowest BCUT2D eigenvalue weighted by Gasteiger charge is -2.28. The van der Waals surface area contributed by atoms with Crippen molar-refractivity contribution < 1.29 is 26.9 Å². The zero-order valence-electron chi connectivity index (χ0n) is 34.8. The van der Waals surface area contributed by atoms with Crippen LogP contribution in [-0.4, -0.2) is 0 Å². The van der Waals surface area contributed by atoms with E-state index in [1.807, 2.05) is 45.0 Å². The molecule has 0 fully saturated rings. The summed E-state index contributed by atoms with van der Waals surface area (Å²) in [6.07, 6.45) is 0. The first-order chi connectivity index (χ1) is 26.9. The highest BCUT2D eigenvalue weighted by atomic mass is 31.2. The Balaban J connectivity index is 1.50. The maximum atomic E-state index is 14.3. The van der Waals surface area contributed by atoms with Gasteiger partial charge in [-0.05, 0) is 157 Å². The normalized spacial score (nSPS) is 12.9. The number of halogens is 2. The molecular formula is C49H52F2O4P2. The van der Waals surface area contributed by atoms with E-state index in [0.29, 0.717) is 17.2 Å². The van der Waals surface area contributed by atoms with Crippen molar-refractivity contribution >= 4 is 27.4 Å². The van der Waals surface area contributed by atoms with Crippen LogP contribution in [0.3, 0.4) is 0 Å². The Labute approximate surface area is 340 Å². The van der Waals surface area contributed by atoms with Gasteiger partial charge >= 0.3 is 16.8 Å². The van der Waals surface area contributed by atoms with Gasteiger partial charge in [0.05, 0.1) is 10.6 Å². The van der Waals surface area contributed by atoms with E-state index in [9.17, 15) is 8.78 Å². The van der Waals surface area contributed by atoms with Crippen molar-refractivity contribution in [1.29, 1.82) is 0 Å². The van der Waals surface area contributed by atoms with Crippen molar-refractivity contribution in [3.05, 3.63) is 166 Å². The highest BCUT2D eigenvalue weighted by Gasteiger charge is 2.30. The fourth-order valence-corrected chi connectivity index (χ4v) is 9.52. The number of rotatable bonds is 11. The van der Waals surface area contributed by atoms with Gasteiger partial charge in [0.1, 0.15) is 34.6 Å². The minimum Gasteiger partial charge on any atom is -0.435 e. The molecule has 2 unspecified atom stereocenters. The maximum absolute atomic E-state index is 14.3. The van der Waals surface area contributed by atoms with Crippen LogP contribution in [0.1, 0.15) is 80.5 Å². The highest BCUT2D eigenvalue weighted by Crippen LogP contribution is 2.52. The molecule has 0 amide bonds. The van der Waals surface area contributed by atoms with Gasteiger partial charge in [-0.15, -0.1) is 0 Å². The molecule has 0 spiro atoms. The average molecular weight is 805 g/mol. The van der Waals surface area contributed by atoms with Crippen LogP contribution in [0.15, 0.2) is 115 Å². The van der Waals surface area contributed by atoms with E-state index in [-0.39, 0.29) is 22.5 Å². The van der Waals surface area contributed by atoms with E-state index in [2.05, 4.69) is 97.9 Å². The second-order valence-corrected chi connectivity index (χ2v) is 19.5. The molecule has 6 rings (SSSR count). The second-order valence-electron chi connectivity index (χ2n) is 16.7. The van der Waals surface area contributed by atoms with Crippen molar-refractivity contribution in [2.24, 2.45) is 0 Å². The van der Waals surface area contributed by atoms with Crippen LogP contribution < -0.4 is 28.7 Å². The van der Waals surface area contributed by atoms with Gasteiger partial charge in [-0.2, -0.15) is 0 Å². The summed E-state index contributed by atoms with van der Waals surface area (Å²) < 4.78 is 56.6. The third-order valence-corrected chi connectivity index (χ3v) is 12.4. The first kappa shape index (κ1) is 41.9. The molecule has 4 nitrogen and oxygen atoms in total. The largest absolute Gasteiger partial charge is 0.435 e. The SMILES string of the molecule is Cc1ccc(C(C)(C)C)c(OP(Oc2c(C)cc(C)cc2-c2cc(C)cc(C)c2OP(Oc2ccccc2C(C)(C)C)c2ccc(F)cc2)c2ccc(F)cc2)c1. The summed E-state index contributed by atoms with van der Waals surface area (Å²) >= 11 is 0. The van der Waals surface area contributed by atoms with Gasteiger partial charge in [-0.3, -0.25) is 0 Å². The number of hydrogen-bond donors (Lipinski definition) is 0. The van der Waals surface area contributed by atoms with E-state index in [1.165, 1.54) is 24.3 Å². The summed E-state index contributed by atoms with van der Waals surface area (Å²) in [6, 6.07) is 35.2. The molecule has 6 aromatic rings. The first-order valence-corrected chi connectivity index (χ1v) is 21.5. The average Bonchev–Trinajstić information content (AvgIpc) is 3.12. The molecule has 296 valence electrons. The molecule has 2 atom stereocenters. The van der Waals surface area contributed by atoms with Crippen LogP contribution in [0.2, 0.25) is 0 Å². The van der Waals surface area contributed by atoms with Crippen LogP contribution in [0, 0.1) is 46.3 Å². The van der Waals surface area contributed by atoms with Crippen LogP contribution in [-0.2, 0) is 10.8 Å². The van der Waals surface area contributed by atoms with Gasteiger partial charge in [0.2, 0.25) is 0 Å². The molecule has 8 heteroatoms. The summed E-state index contributed by atoms with van der Waals surface area (Å²) in [7, 11) is -3.63. The molecule has 0 aromatic heterocycles. The predicted octanol–water partition coefficient (Wildman–Crippen LogP) is 14.0. The topological polar surface area (TPSA) is 36.9 Å². The van der Waals surface area contributed by atoms with E-state index in [1.54, 1.807) is 24.3 Å². The predicted molar refractivity (Wildman–Crippen MR) is 234 cm³/mol. The van der Waals surface area contributed by atoms with Gasteiger partial charge in [-0.1, -0.05) is 84.0 Å². The minimum atomic E-state index is -1.82. The standard InChI is InChI=1S/C49H52F2O4P2/c1-31-16-25-43(49(9,10)11)45(30-31)53-57(39-23-19-37(51)20-24-39)55-47-35(5)27-33(3)29-41(47)40-28-32(2)26-34(4)46(40)54-56(38-21-17-36(50)18-22-38)52-44-15-13-12-14-42(44)48(6,7)8/h12-30H,1-11H3. The maximum Gasteiger partial charge on any atom is 0.326 e. The summed E-state index contributed by atoms with van der Waals surface area (Å²) in [5.41, 5.74) is 8.25. The summed E-state index contributed by atoms with van der Waals surface area (Å²) in [4.78, 5) is 0. The van der Waals surface area contributed by atoms with Crippen LogP contribution in [0.5, 0.6) is 23.0 Å². The highest BCUT2D eigenvalue weighted by molar-refractivity contribution is 7.57. The molecule has 0 aliphatic heterocycles. The second kappa shape index (κ2) is 17.0. The molecule has 0 N–H and O–H groups in total. The number of benzene rings is 6. The van der Waals surface area contributed by atoms with Gasteiger partial charge in [-0.25, -0.2) is 8.78 Å². The van der Waals surface area contributed by atoms with Crippen LogP contribution in [0.25, 0.3) is 11.1 Å². The zero-order chi connectivity index (χ0) is 41.2. The first-order valence-electron chi connectivity index (χ1n) is 19.1. The molecule has 0 heterocycles. The van der Waals surface area contributed by atoms with E-state index >= 15 is 0 Å². The lowest BCUT2D eigenvalue weighted by molar-refractivity contribution is 0.477. The molecule has 0 saturated heterocycles. The summed E-state index contributed by atoms with van der Waals surface area (Å²) in [6.45, 7) is 23.1. The molecular weight excluding hydrogens is 752 g/mol. The fourth-order valence-electron chi connectivity index (χ4n) is 6.76. The lowest BCUT2D eigenvalue weighted by Crippen LogP contribution is -2.16. The van der Waals surface area contributed by atoms with E-state index in [4.69, 9.17) is 18.1 Å². The van der Waals surface area contributed by atoms with Gasteiger partial charge in [0.25, 0.3) is 0 Å². The van der Waals surface area contributed by atoms with Crippen molar-refractivity contribution in [2.75, 3.05) is 0 Å². The Morgan fingerprint density at radius 2 is 0.842 bits per heavy atom. The number of hydrogen-bond acceptors (Lipinski definition) is 4. The van der Waals surface area contributed by atoms with Crippen molar-refractivity contribution in [3.8, 4) is 34.1 Å². The Morgan fingerprint density at radius 3 is 1.30 bits per heavy atom. The monoisotopic (exact) mass is 804 g/mol. The lowest BCUT2D eigenvalue weighted by atomic mass is 9.86. The van der Waals surface area contributed by atoms with E-state index < -0.39 is 16.8 Å². The number of aryl methyl sites for hydroxylation is 5. The van der Waals surface area contributed by atoms with E-state index in [0.717, 1.165) is 66.4 Å².